The Morgan fingerprint density at radius 2 is 1.88 bits per heavy atom. The number of hydrogen-bond acceptors (Lipinski definition) is 5. The lowest BCUT2D eigenvalue weighted by Crippen LogP contribution is -2.25. The highest BCUT2D eigenvalue weighted by atomic mass is 16.5. The molecule has 0 heterocycles. The molecule has 0 amide bonds. The maximum absolute atomic E-state index is 9.60. The molecule has 0 spiro atoms. The van der Waals surface area contributed by atoms with Gasteiger partial charge in [-0.1, -0.05) is 6.58 Å². The zero-order valence-corrected chi connectivity index (χ0v) is 10.5. The van der Waals surface area contributed by atoms with Crippen LogP contribution in [0.15, 0.2) is 12.2 Å². The molecule has 0 aliphatic rings. The number of aliphatic carboxylic acids is 1. The molecule has 3 N–H and O–H groups in total. The zero-order valence-electron chi connectivity index (χ0n) is 10.5. The van der Waals surface area contributed by atoms with Gasteiger partial charge in [0.15, 0.2) is 0 Å². The molecule has 2 unspecified atom stereocenters. The van der Waals surface area contributed by atoms with Gasteiger partial charge in [-0.15, -0.1) is 0 Å². The fourth-order valence-electron chi connectivity index (χ4n) is 0.569. The highest BCUT2D eigenvalue weighted by Crippen LogP contribution is 1.92. The topological polar surface area (TPSA) is 96.2 Å². The van der Waals surface area contributed by atoms with Crippen LogP contribution in [0.3, 0.4) is 0 Å². The third-order valence-corrected chi connectivity index (χ3v) is 1.55. The Bertz CT molecular complexity index is 204. The third kappa shape index (κ3) is 15.1. The van der Waals surface area contributed by atoms with E-state index in [0.717, 1.165) is 0 Å². The van der Waals surface area contributed by atoms with E-state index in [9.17, 15) is 4.79 Å². The third-order valence-electron chi connectivity index (χ3n) is 1.55. The Kier molecular flexibility index (Phi) is 12.5. The van der Waals surface area contributed by atoms with Gasteiger partial charge in [-0.3, -0.25) is 0 Å². The number of carbonyl (C=O) groups is 1. The average Bonchev–Trinajstić information content (AvgIpc) is 2.27. The largest absolute Gasteiger partial charge is 0.478 e. The molecule has 6 nitrogen and oxygen atoms in total. The van der Waals surface area contributed by atoms with Gasteiger partial charge in [0.25, 0.3) is 0 Å². The first-order chi connectivity index (χ1) is 7.84. The van der Waals surface area contributed by atoms with E-state index in [-0.39, 0.29) is 31.5 Å². The summed E-state index contributed by atoms with van der Waals surface area (Å²) in [6, 6.07) is 0. The number of ether oxygens (including phenoxy) is 2. The second-order valence-electron chi connectivity index (χ2n) is 3.52. The molecule has 2 atom stereocenters. The molecule has 0 radical (unpaired) electrons. The van der Waals surface area contributed by atoms with Crippen LogP contribution in [0.4, 0.5) is 0 Å². The van der Waals surface area contributed by atoms with Crippen molar-refractivity contribution in [3.05, 3.63) is 12.2 Å². The summed E-state index contributed by atoms with van der Waals surface area (Å²) in [7, 11) is 1.51. The highest BCUT2D eigenvalue weighted by Gasteiger charge is 2.05. The summed E-state index contributed by atoms with van der Waals surface area (Å²) in [5.41, 5.74) is 0.176. The van der Waals surface area contributed by atoms with Gasteiger partial charge in [-0.05, 0) is 13.8 Å². The first kappa shape index (κ1) is 18.4. The smallest absolute Gasteiger partial charge is 0.330 e. The van der Waals surface area contributed by atoms with Crippen LogP contribution >= 0.6 is 0 Å². The Balaban J connectivity index is 0. The monoisotopic (exact) mass is 250 g/mol. The van der Waals surface area contributed by atoms with E-state index in [1.54, 1.807) is 6.92 Å². The Morgan fingerprint density at radius 3 is 2.18 bits per heavy atom. The van der Waals surface area contributed by atoms with Gasteiger partial charge >= 0.3 is 5.97 Å². The summed E-state index contributed by atoms with van der Waals surface area (Å²) in [4.78, 5) is 9.60. The van der Waals surface area contributed by atoms with Crippen LogP contribution in [-0.2, 0) is 14.3 Å². The van der Waals surface area contributed by atoms with E-state index in [2.05, 4.69) is 11.3 Å². The fraction of sp³-hybridized carbons (Fsp3) is 0.727. The van der Waals surface area contributed by atoms with E-state index >= 15 is 0 Å². The lowest BCUT2D eigenvalue weighted by atomic mass is 10.4. The van der Waals surface area contributed by atoms with Crippen LogP contribution in [0, 0.1) is 0 Å². The van der Waals surface area contributed by atoms with Crippen molar-refractivity contribution in [1.29, 1.82) is 0 Å². The maximum atomic E-state index is 9.60. The average molecular weight is 250 g/mol. The summed E-state index contributed by atoms with van der Waals surface area (Å²) in [6.45, 7) is 6.78. The van der Waals surface area contributed by atoms with Crippen molar-refractivity contribution in [1.82, 2.24) is 0 Å². The van der Waals surface area contributed by atoms with Gasteiger partial charge in [0.05, 0.1) is 25.9 Å². The second kappa shape index (κ2) is 11.5. The van der Waals surface area contributed by atoms with Gasteiger partial charge in [0, 0.05) is 12.7 Å². The molecule has 0 aromatic heterocycles. The number of carboxylic acids is 1. The SMILES string of the molecule is C=C(C)C(=O)O.COCC(O)COC(C)CO. The number of aliphatic hydroxyl groups is 2. The van der Waals surface area contributed by atoms with Gasteiger partial charge in [-0.25, -0.2) is 4.79 Å². The quantitative estimate of drug-likeness (QED) is 0.552. The summed E-state index contributed by atoms with van der Waals surface area (Å²) in [5.74, 6) is -0.935. The van der Waals surface area contributed by atoms with E-state index in [0.29, 0.717) is 0 Å². The summed E-state index contributed by atoms with van der Waals surface area (Å²) in [5, 5.41) is 25.5. The predicted octanol–water partition coefficient (Wildman–Crippen LogP) is 0.0382. The van der Waals surface area contributed by atoms with Crippen LogP contribution < -0.4 is 0 Å². The first-order valence-corrected chi connectivity index (χ1v) is 5.13. The molecule has 0 aliphatic carbocycles. The Labute approximate surface area is 101 Å². The number of aliphatic hydroxyl groups excluding tert-OH is 2. The molecule has 0 fully saturated rings. The van der Waals surface area contributed by atoms with Crippen LogP contribution in [-0.4, -0.2) is 60.4 Å². The van der Waals surface area contributed by atoms with E-state index in [4.69, 9.17) is 20.1 Å². The normalized spacial score (nSPS) is 13.2. The van der Waals surface area contributed by atoms with Crippen molar-refractivity contribution in [2.24, 2.45) is 0 Å². The minimum atomic E-state index is -0.935. The van der Waals surface area contributed by atoms with Gasteiger partial charge in [-0.2, -0.15) is 0 Å². The summed E-state index contributed by atoms with van der Waals surface area (Å²) in [6.07, 6.45) is -0.824. The van der Waals surface area contributed by atoms with Gasteiger partial charge < -0.3 is 24.8 Å². The molecule has 0 saturated carbocycles. The Morgan fingerprint density at radius 1 is 1.41 bits per heavy atom. The van der Waals surface area contributed by atoms with E-state index < -0.39 is 12.1 Å². The minimum absolute atomic E-state index is 0.0281. The molecule has 0 bridgehead atoms. The van der Waals surface area contributed by atoms with Crippen molar-refractivity contribution in [2.45, 2.75) is 26.1 Å². The second-order valence-corrected chi connectivity index (χ2v) is 3.52. The molecule has 102 valence electrons. The number of rotatable bonds is 7. The number of carboxylic acid groups (broad SMARTS) is 1. The number of hydrogen-bond donors (Lipinski definition) is 3. The van der Waals surface area contributed by atoms with Gasteiger partial charge in [0.1, 0.15) is 6.10 Å². The summed E-state index contributed by atoms with van der Waals surface area (Å²) < 4.78 is 9.70. The molecule has 6 heteroatoms. The zero-order chi connectivity index (χ0) is 13.8. The van der Waals surface area contributed by atoms with Crippen molar-refractivity contribution in [3.8, 4) is 0 Å². The molecular formula is C11H22O6. The van der Waals surface area contributed by atoms with Crippen molar-refractivity contribution in [3.63, 3.8) is 0 Å². The minimum Gasteiger partial charge on any atom is -0.478 e. The van der Waals surface area contributed by atoms with Crippen molar-refractivity contribution in [2.75, 3.05) is 26.9 Å². The van der Waals surface area contributed by atoms with Crippen LogP contribution in [0.2, 0.25) is 0 Å². The molecule has 0 saturated heterocycles. The molecular weight excluding hydrogens is 228 g/mol. The molecule has 0 rings (SSSR count). The maximum Gasteiger partial charge on any atom is 0.330 e. The van der Waals surface area contributed by atoms with E-state index in [1.807, 2.05) is 0 Å². The lowest BCUT2D eigenvalue weighted by Gasteiger charge is -2.13. The van der Waals surface area contributed by atoms with Gasteiger partial charge in [0.2, 0.25) is 0 Å². The molecule has 0 aromatic rings. The van der Waals surface area contributed by atoms with Crippen LogP contribution in [0.5, 0.6) is 0 Å². The number of methoxy groups -OCH3 is 1. The molecule has 0 aliphatic heterocycles. The molecule has 0 aromatic carbocycles. The van der Waals surface area contributed by atoms with Crippen molar-refractivity contribution < 1.29 is 29.6 Å². The lowest BCUT2D eigenvalue weighted by molar-refractivity contribution is -0.132. The fourth-order valence-corrected chi connectivity index (χ4v) is 0.569. The summed E-state index contributed by atoms with van der Waals surface area (Å²) >= 11 is 0. The predicted molar refractivity (Wildman–Crippen MR) is 62.8 cm³/mol. The first-order valence-electron chi connectivity index (χ1n) is 5.13. The van der Waals surface area contributed by atoms with Crippen LogP contribution in [0.25, 0.3) is 0 Å². The molecule has 17 heavy (non-hydrogen) atoms. The Hall–Kier alpha value is -0.950. The van der Waals surface area contributed by atoms with Crippen LogP contribution in [0.1, 0.15) is 13.8 Å². The van der Waals surface area contributed by atoms with E-state index in [1.165, 1.54) is 14.0 Å². The highest BCUT2D eigenvalue weighted by molar-refractivity contribution is 5.84. The standard InChI is InChI=1S/C7H16O4.C4H6O2/c1-6(3-8)11-5-7(9)4-10-2;1-3(2)4(5)6/h6-9H,3-5H2,1-2H3;1H2,2H3,(H,5,6). The van der Waals surface area contributed by atoms with Crippen molar-refractivity contribution >= 4 is 5.97 Å².